The van der Waals surface area contributed by atoms with Crippen LogP contribution in [0.4, 0.5) is 4.79 Å². The first kappa shape index (κ1) is 21.2. The molecule has 0 unspecified atom stereocenters. The van der Waals surface area contributed by atoms with Gasteiger partial charge in [0, 0.05) is 24.7 Å². The Kier molecular flexibility index (Phi) is 7.82. The molecule has 0 aromatic rings. The van der Waals surface area contributed by atoms with Crippen molar-refractivity contribution in [1.29, 1.82) is 0 Å². The van der Waals surface area contributed by atoms with Gasteiger partial charge in [0.15, 0.2) is 5.96 Å². The Morgan fingerprint density at radius 1 is 1.07 bits per heavy atom. The third kappa shape index (κ3) is 5.52. The van der Waals surface area contributed by atoms with Crippen LogP contribution in [0.5, 0.6) is 0 Å². The summed E-state index contributed by atoms with van der Waals surface area (Å²) in [6.45, 7) is 6.93. The van der Waals surface area contributed by atoms with Crippen LogP contribution in [0, 0.1) is 0 Å². The fourth-order valence-corrected chi connectivity index (χ4v) is 5.06. The van der Waals surface area contributed by atoms with Crippen LogP contribution < -0.4 is 11.1 Å². The molecule has 0 aromatic carbocycles. The highest BCUT2D eigenvalue weighted by Gasteiger charge is 2.38. The number of hydrogen-bond donors (Lipinski definition) is 2. The Morgan fingerprint density at radius 3 is 2.36 bits per heavy atom. The van der Waals surface area contributed by atoms with Crippen molar-refractivity contribution in [1.82, 2.24) is 15.1 Å². The van der Waals surface area contributed by atoms with Crippen molar-refractivity contribution < 1.29 is 9.53 Å². The van der Waals surface area contributed by atoms with E-state index in [0.717, 1.165) is 19.4 Å². The first-order valence-electron chi connectivity index (χ1n) is 11.4. The van der Waals surface area contributed by atoms with E-state index in [2.05, 4.69) is 10.2 Å². The lowest BCUT2D eigenvalue weighted by Crippen LogP contribution is -2.55. The Labute approximate surface area is 170 Å². The van der Waals surface area contributed by atoms with Gasteiger partial charge in [-0.05, 0) is 58.5 Å². The van der Waals surface area contributed by atoms with Crippen LogP contribution in [0.3, 0.4) is 0 Å². The Hall–Kier alpha value is -1.50. The normalized spacial score (nSPS) is 24.8. The highest BCUT2D eigenvalue weighted by atomic mass is 16.6. The second-order valence-corrected chi connectivity index (χ2v) is 8.64. The zero-order valence-corrected chi connectivity index (χ0v) is 17.6. The monoisotopic (exact) mass is 393 g/mol. The molecule has 0 atom stereocenters. The molecule has 2 heterocycles. The van der Waals surface area contributed by atoms with Crippen LogP contribution in [0.2, 0.25) is 0 Å². The molecule has 3 aliphatic rings. The molecule has 2 saturated heterocycles. The van der Waals surface area contributed by atoms with E-state index in [-0.39, 0.29) is 17.7 Å². The second kappa shape index (κ2) is 10.3. The Balaban J connectivity index is 1.50. The number of carbonyl (C=O) groups excluding carboxylic acids is 1. The predicted octanol–water partition coefficient (Wildman–Crippen LogP) is 2.70. The minimum atomic E-state index is -0.205. The van der Waals surface area contributed by atoms with Gasteiger partial charge in [-0.25, -0.2) is 4.79 Å². The average Bonchev–Trinajstić information content (AvgIpc) is 2.74. The maximum absolute atomic E-state index is 11.8. The molecule has 1 aliphatic carbocycles. The predicted molar refractivity (Wildman–Crippen MR) is 112 cm³/mol. The maximum Gasteiger partial charge on any atom is 0.409 e. The van der Waals surface area contributed by atoms with Crippen LogP contribution in [0.25, 0.3) is 0 Å². The van der Waals surface area contributed by atoms with Gasteiger partial charge in [-0.15, -0.1) is 0 Å². The molecule has 0 bridgehead atoms. The minimum Gasteiger partial charge on any atom is -0.450 e. The number of aliphatic imine (C=N–C) groups is 1. The summed E-state index contributed by atoms with van der Waals surface area (Å²) in [5, 5.41) is 3.40. The molecule has 0 radical (unpaired) electrons. The van der Waals surface area contributed by atoms with Gasteiger partial charge in [-0.2, -0.15) is 0 Å². The number of hydrogen-bond acceptors (Lipinski definition) is 4. The van der Waals surface area contributed by atoms with Crippen molar-refractivity contribution in [2.45, 2.75) is 82.7 Å². The standard InChI is InChI=1S/C21H39N5O2/c1-2-28-20(27)25-15-9-18(10-16-25)24-19(22)23-17-21(11-5-3-6-12-21)26-13-7-4-8-14-26/h18H,2-17H2,1H3,(H3,22,23,24). The zero-order valence-electron chi connectivity index (χ0n) is 17.6. The number of nitrogens with one attached hydrogen (secondary N) is 1. The Morgan fingerprint density at radius 2 is 1.71 bits per heavy atom. The van der Waals surface area contributed by atoms with Gasteiger partial charge < -0.3 is 20.7 Å². The number of piperidine rings is 2. The summed E-state index contributed by atoms with van der Waals surface area (Å²) in [6, 6.07) is 0.284. The fourth-order valence-electron chi connectivity index (χ4n) is 5.06. The lowest BCUT2D eigenvalue weighted by molar-refractivity contribution is 0.0407. The molecular weight excluding hydrogens is 354 g/mol. The molecule has 3 rings (SSSR count). The Bertz CT molecular complexity index is 519. The van der Waals surface area contributed by atoms with Crippen LogP contribution >= 0.6 is 0 Å². The number of amides is 1. The van der Waals surface area contributed by atoms with E-state index in [1.54, 1.807) is 4.90 Å². The van der Waals surface area contributed by atoms with Gasteiger partial charge in [0.25, 0.3) is 0 Å². The second-order valence-electron chi connectivity index (χ2n) is 8.64. The maximum atomic E-state index is 11.8. The molecule has 1 saturated carbocycles. The largest absolute Gasteiger partial charge is 0.450 e. The molecule has 7 heteroatoms. The third-order valence-corrected chi connectivity index (χ3v) is 6.73. The van der Waals surface area contributed by atoms with Gasteiger partial charge in [0.1, 0.15) is 0 Å². The number of rotatable bonds is 5. The molecule has 2 aliphatic heterocycles. The van der Waals surface area contributed by atoms with E-state index in [1.165, 1.54) is 64.5 Å². The number of nitrogens with zero attached hydrogens (tertiary/aromatic N) is 3. The van der Waals surface area contributed by atoms with E-state index in [9.17, 15) is 4.79 Å². The lowest BCUT2D eigenvalue weighted by atomic mass is 9.79. The van der Waals surface area contributed by atoms with Crippen LogP contribution in [0.1, 0.15) is 71.1 Å². The smallest absolute Gasteiger partial charge is 0.409 e. The van der Waals surface area contributed by atoms with Crippen molar-refractivity contribution in [2.75, 3.05) is 39.3 Å². The number of nitrogens with two attached hydrogens (primary N) is 1. The van der Waals surface area contributed by atoms with E-state index >= 15 is 0 Å². The minimum absolute atomic E-state index is 0.205. The summed E-state index contributed by atoms with van der Waals surface area (Å²) < 4.78 is 5.09. The van der Waals surface area contributed by atoms with Crippen molar-refractivity contribution in [3.8, 4) is 0 Å². The average molecular weight is 394 g/mol. The van der Waals surface area contributed by atoms with E-state index in [1.807, 2.05) is 6.92 Å². The number of guanidine groups is 1. The van der Waals surface area contributed by atoms with E-state index in [0.29, 0.717) is 25.7 Å². The summed E-state index contributed by atoms with van der Waals surface area (Å²) in [7, 11) is 0. The molecule has 7 nitrogen and oxygen atoms in total. The summed E-state index contributed by atoms with van der Waals surface area (Å²) in [5.74, 6) is 0.566. The fraction of sp³-hybridized carbons (Fsp3) is 0.905. The van der Waals surface area contributed by atoms with Crippen molar-refractivity contribution in [3.05, 3.63) is 0 Å². The van der Waals surface area contributed by atoms with Crippen LogP contribution in [-0.2, 0) is 4.74 Å². The van der Waals surface area contributed by atoms with Crippen LogP contribution in [0.15, 0.2) is 4.99 Å². The van der Waals surface area contributed by atoms with E-state index < -0.39 is 0 Å². The number of ether oxygens (including phenoxy) is 1. The summed E-state index contributed by atoms with van der Waals surface area (Å²) in [4.78, 5) is 21.1. The highest BCUT2D eigenvalue weighted by Crippen LogP contribution is 2.35. The van der Waals surface area contributed by atoms with Gasteiger partial charge in [0.2, 0.25) is 0 Å². The number of likely N-dealkylation sites (tertiary alicyclic amines) is 2. The molecule has 28 heavy (non-hydrogen) atoms. The van der Waals surface area contributed by atoms with Crippen molar-refractivity contribution in [3.63, 3.8) is 0 Å². The van der Waals surface area contributed by atoms with Gasteiger partial charge >= 0.3 is 6.09 Å². The lowest BCUT2D eigenvalue weighted by Gasteiger charge is -2.47. The summed E-state index contributed by atoms with van der Waals surface area (Å²) in [5.41, 5.74) is 6.49. The van der Waals surface area contributed by atoms with Gasteiger partial charge in [0.05, 0.1) is 13.2 Å². The zero-order chi connectivity index (χ0) is 19.8. The molecule has 0 spiro atoms. The van der Waals surface area contributed by atoms with E-state index in [4.69, 9.17) is 15.5 Å². The molecular formula is C21H39N5O2. The quantitative estimate of drug-likeness (QED) is 0.554. The summed E-state index contributed by atoms with van der Waals surface area (Å²) in [6.07, 6.45) is 12.0. The number of carbonyl (C=O) groups is 1. The molecule has 0 aromatic heterocycles. The molecule has 3 N–H and O–H groups in total. The van der Waals surface area contributed by atoms with Gasteiger partial charge in [-0.1, -0.05) is 25.7 Å². The molecule has 3 fully saturated rings. The van der Waals surface area contributed by atoms with Crippen LogP contribution in [-0.4, -0.2) is 72.8 Å². The highest BCUT2D eigenvalue weighted by molar-refractivity contribution is 5.78. The molecule has 160 valence electrons. The molecule has 1 amide bonds. The summed E-state index contributed by atoms with van der Waals surface area (Å²) >= 11 is 0. The van der Waals surface area contributed by atoms with Crippen molar-refractivity contribution >= 4 is 12.1 Å². The first-order valence-corrected chi connectivity index (χ1v) is 11.4. The third-order valence-electron chi connectivity index (χ3n) is 6.73. The van der Waals surface area contributed by atoms with Gasteiger partial charge in [-0.3, -0.25) is 9.89 Å². The first-order chi connectivity index (χ1) is 13.6. The topological polar surface area (TPSA) is 83.2 Å². The SMILES string of the molecule is CCOC(=O)N1CCC(NC(N)=NCC2(N3CCCCC3)CCCCC2)CC1. The van der Waals surface area contributed by atoms with Crippen molar-refractivity contribution in [2.24, 2.45) is 10.7 Å².